The topological polar surface area (TPSA) is 12.0 Å². The average molecular weight is 318 g/mol. The minimum Gasteiger partial charge on any atom is -0.314 e. The van der Waals surface area contributed by atoms with E-state index in [-0.39, 0.29) is 0 Å². The van der Waals surface area contributed by atoms with Crippen molar-refractivity contribution in [3.63, 3.8) is 0 Å². The van der Waals surface area contributed by atoms with Crippen LogP contribution in [-0.2, 0) is 0 Å². The molecule has 0 spiro atoms. The number of hydrogen-bond acceptors (Lipinski definition) is 2. The molecule has 1 N–H and O–H groups in total. The average Bonchev–Trinajstić information content (AvgIpc) is 2.82. The van der Waals surface area contributed by atoms with E-state index < -0.39 is 0 Å². The summed E-state index contributed by atoms with van der Waals surface area (Å²) in [6.07, 6.45) is 5.37. The van der Waals surface area contributed by atoms with Crippen LogP contribution in [0.5, 0.6) is 0 Å². The highest BCUT2D eigenvalue weighted by Crippen LogP contribution is 2.32. The lowest BCUT2D eigenvalue weighted by atomic mass is 10.0. The van der Waals surface area contributed by atoms with Crippen molar-refractivity contribution in [3.05, 3.63) is 28.2 Å². The van der Waals surface area contributed by atoms with Crippen LogP contribution in [0.15, 0.2) is 23.1 Å². The molecule has 0 aromatic heterocycles. The van der Waals surface area contributed by atoms with Crippen LogP contribution >= 0.6 is 35.0 Å². The molecule has 19 heavy (non-hydrogen) atoms. The third-order valence-electron chi connectivity index (χ3n) is 3.77. The van der Waals surface area contributed by atoms with Crippen LogP contribution in [0.4, 0.5) is 0 Å². The van der Waals surface area contributed by atoms with Crippen molar-refractivity contribution in [1.82, 2.24) is 5.32 Å². The lowest BCUT2D eigenvalue weighted by Gasteiger charge is -2.20. The Morgan fingerprint density at radius 2 is 2.11 bits per heavy atom. The highest BCUT2D eigenvalue weighted by atomic mass is 35.5. The molecule has 1 fully saturated rings. The van der Waals surface area contributed by atoms with Gasteiger partial charge in [0.05, 0.1) is 10.0 Å². The van der Waals surface area contributed by atoms with Crippen molar-refractivity contribution < 1.29 is 0 Å². The zero-order chi connectivity index (χ0) is 13.7. The second-order valence-corrected chi connectivity index (χ2v) is 7.05. The lowest BCUT2D eigenvalue weighted by molar-refractivity contribution is 0.400. The summed E-state index contributed by atoms with van der Waals surface area (Å²) in [4.78, 5) is 1.22. The van der Waals surface area contributed by atoms with Crippen molar-refractivity contribution in [2.45, 2.75) is 43.5 Å². The van der Waals surface area contributed by atoms with E-state index in [1.54, 1.807) is 0 Å². The third-order valence-corrected chi connectivity index (χ3v) is 5.54. The quantitative estimate of drug-likeness (QED) is 0.719. The Morgan fingerprint density at radius 3 is 2.84 bits per heavy atom. The van der Waals surface area contributed by atoms with Gasteiger partial charge in [-0.05, 0) is 55.7 Å². The molecule has 0 aliphatic heterocycles. The van der Waals surface area contributed by atoms with Gasteiger partial charge in [0.2, 0.25) is 0 Å². The number of nitrogens with one attached hydrogen (secondary N) is 1. The van der Waals surface area contributed by atoms with Crippen molar-refractivity contribution in [3.8, 4) is 0 Å². The molecule has 0 saturated heterocycles. The van der Waals surface area contributed by atoms with Crippen LogP contribution in [0.1, 0.15) is 32.6 Å². The highest BCUT2D eigenvalue weighted by molar-refractivity contribution is 7.99. The van der Waals surface area contributed by atoms with Crippen molar-refractivity contribution in [1.29, 1.82) is 0 Å². The van der Waals surface area contributed by atoms with Crippen LogP contribution in [0.3, 0.4) is 0 Å². The highest BCUT2D eigenvalue weighted by Gasteiger charge is 2.25. The monoisotopic (exact) mass is 317 g/mol. The maximum Gasteiger partial charge on any atom is 0.0603 e. The maximum atomic E-state index is 6.03. The Hall–Kier alpha value is 0.110. The zero-order valence-electron chi connectivity index (χ0n) is 11.3. The summed E-state index contributed by atoms with van der Waals surface area (Å²) < 4.78 is 0. The van der Waals surface area contributed by atoms with Gasteiger partial charge in [0, 0.05) is 10.9 Å². The molecule has 1 aromatic carbocycles. The van der Waals surface area contributed by atoms with Gasteiger partial charge >= 0.3 is 0 Å². The minimum absolute atomic E-state index is 0.633. The molecule has 1 nitrogen and oxygen atoms in total. The summed E-state index contributed by atoms with van der Waals surface area (Å²) in [5, 5.41) is 4.90. The van der Waals surface area contributed by atoms with Crippen LogP contribution < -0.4 is 5.32 Å². The molecular formula is C15H21Cl2NS. The first-order valence-electron chi connectivity index (χ1n) is 7.02. The first-order valence-corrected chi connectivity index (χ1v) is 8.76. The number of benzene rings is 1. The fourth-order valence-electron chi connectivity index (χ4n) is 2.81. The fourth-order valence-corrected chi connectivity index (χ4v) is 4.19. The first-order chi connectivity index (χ1) is 9.20. The van der Waals surface area contributed by atoms with E-state index in [1.807, 2.05) is 23.9 Å². The van der Waals surface area contributed by atoms with Gasteiger partial charge in [-0.3, -0.25) is 0 Å². The molecule has 1 saturated carbocycles. The number of thioether (sulfide) groups is 1. The van der Waals surface area contributed by atoms with E-state index in [0.29, 0.717) is 10.0 Å². The number of rotatable bonds is 6. The van der Waals surface area contributed by atoms with Gasteiger partial charge in [0.15, 0.2) is 0 Å². The lowest BCUT2D eigenvalue weighted by Crippen LogP contribution is -2.32. The Labute approximate surface area is 130 Å². The Kier molecular flexibility index (Phi) is 6.34. The molecule has 1 aliphatic carbocycles. The Balaban J connectivity index is 1.78. The van der Waals surface area contributed by atoms with Crippen LogP contribution in [0, 0.1) is 5.92 Å². The fraction of sp³-hybridized carbons (Fsp3) is 0.600. The van der Waals surface area contributed by atoms with Gasteiger partial charge < -0.3 is 5.32 Å². The molecule has 0 amide bonds. The second kappa shape index (κ2) is 7.78. The molecule has 1 aliphatic rings. The molecule has 0 bridgehead atoms. The smallest absolute Gasteiger partial charge is 0.0603 e. The van der Waals surface area contributed by atoms with E-state index in [0.717, 1.165) is 24.3 Å². The normalized spacial score (nSPS) is 22.9. The summed E-state index contributed by atoms with van der Waals surface area (Å²) >= 11 is 13.8. The van der Waals surface area contributed by atoms with Crippen molar-refractivity contribution in [2.24, 2.45) is 5.92 Å². The Morgan fingerprint density at radius 1 is 1.26 bits per heavy atom. The predicted octanol–water partition coefficient (Wildman–Crippen LogP) is 5.25. The largest absolute Gasteiger partial charge is 0.314 e. The number of halogens is 2. The molecule has 2 rings (SSSR count). The summed E-state index contributed by atoms with van der Waals surface area (Å²) in [5.74, 6) is 2.00. The summed E-state index contributed by atoms with van der Waals surface area (Å²) in [7, 11) is 0. The molecule has 4 heteroatoms. The van der Waals surface area contributed by atoms with E-state index in [1.165, 1.54) is 30.6 Å². The Bertz CT molecular complexity index is 411. The van der Waals surface area contributed by atoms with Crippen LogP contribution in [-0.4, -0.2) is 18.3 Å². The van der Waals surface area contributed by atoms with E-state index in [9.17, 15) is 0 Å². The summed E-state index contributed by atoms with van der Waals surface area (Å²) in [6.45, 7) is 3.28. The van der Waals surface area contributed by atoms with Crippen molar-refractivity contribution in [2.75, 3.05) is 12.3 Å². The van der Waals surface area contributed by atoms with Gasteiger partial charge in [-0.1, -0.05) is 36.5 Å². The molecular weight excluding hydrogens is 297 g/mol. The molecule has 1 aromatic rings. The van der Waals surface area contributed by atoms with Crippen LogP contribution in [0.25, 0.3) is 0 Å². The van der Waals surface area contributed by atoms with Gasteiger partial charge in [0.1, 0.15) is 0 Å². The molecule has 0 radical (unpaired) electrons. The predicted molar refractivity (Wildman–Crippen MR) is 86.6 cm³/mol. The summed E-state index contributed by atoms with van der Waals surface area (Å²) in [6, 6.07) is 6.63. The molecule has 0 heterocycles. The van der Waals surface area contributed by atoms with E-state index >= 15 is 0 Å². The molecule has 106 valence electrons. The van der Waals surface area contributed by atoms with Gasteiger partial charge in [-0.2, -0.15) is 0 Å². The SMILES string of the molecule is CCNC1CCCC1CCSc1ccc(Cl)c(Cl)c1. The maximum absolute atomic E-state index is 6.03. The second-order valence-electron chi connectivity index (χ2n) is 5.07. The number of hydrogen-bond donors (Lipinski definition) is 1. The first kappa shape index (κ1) is 15.5. The van der Waals surface area contributed by atoms with Gasteiger partial charge in [-0.15, -0.1) is 11.8 Å². The van der Waals surface area contributed by atoms with E-state index in [4.69, 9.17) is 23.2 Å². The van der Waals surface area contributed by atoms with Crippen molar-refractivity contribution >= 4 is 35.0 Å². The summed E-state index contributed by atoms with van der Waals surface area (Å²) in [5.41, 5.74) is 0. The minimum atomic E-state index is 0.633. The van der Waals surface area contributed by atoms with Gasteiger partial charge in [0.25, 0.3) is 0 Å². The molecule has 2 atom stereocenters. The molecule has 2 unspecified atom stereocenters. The van der Waals surface area contributed by atoms with Crippen LogP contribution in [0.2, 0.25) is 10.0 Å². The zero-order valence-corrected chi connectivity index (χ0v) is 13.6. The van der Waals surface area contributed by atoms with E-state index in [2.05, 4.69) is 18.3 Å². The van der Waals surface area contributed by atoms with Gasteiger partial charge in [-0.25, -0.2) is 0 Å². The standard InChI is InChI=1S/C15H21Cl2NS/c1-2-18-15-5-3-4-11(15)8-9-19-12-6-7-13(16)14(17)10-12/h6-7,10-11,15,18H,2-5,8-9H2,1H3. The third kappa shape index (κ3) is 4.56.